The van der Waals surface area contributed by atoms with E-state index in [-0.39, 0.29) is 17.3 Å². The van der Waals surface area contributed by atoms with Gasteiger partial charge in [0.25, 0.3) is 0 Å². The van der Waals surface area contributed by atoms with Gasteiger partial charge >= 0.3 is 0 Å². The number of benzene rings is 1. The van der Waals surface area contributed by atoms with E-state index in [1.165, 1.54) is 4.31 Å². The second kappa shape index (κ2) is 5.58. The van der Waals surface area contributed by atoms with E-state index in [1.54, 1.807) is 24.3 Å². The number of piperazine rings is 1. The fraction of sp³-hybridized carbons (Fsp3) is 0.417. The molecule has 0 unspecified atom stereocenters. The first-order valence-electron chi connectivity index (χ1n) is 6.15. The molecule has 104 valence electrons. The van der Waals surface area contributed by atoms with Crippen LogP contribution in [0.5, 0.6) is 0 Å². The van der Waals surface area contributed by atoms with Crippen LogP contribution in [0.2, 0.25) is 0 Å². The van der Waals surface area contributed by atoms with Gasteiger partial charge in [0.2, 0.25) is 15.9 Å². The quantitative estimate of drug-likeness (QED) is 0.829. The Balaban J connectivity index is 2.36. The van der Waals surface area contributed by atoms with Gasteiger partial charge in [0, 0.05) is 19.6 Å². The highest BCUT2D eigenvalue weighted by atomic mass is 32.2. The topological polar surface area (TPSA) is 78.5 Å². The van der Waals surface area contributed by atoms with Crippen molar-refractivity contribution in [3.8, 4) is 0 Å². The van der Waals surface area contributed by atoms with Gasteiger partial charge in [-0.2, -0.15) is 4.31 Å². The van der Waals surface area contributed by atoms with E-state index in [0.29, 0.717) is 25.3 Å². The Morgan fingerprint density at radius 1 is 1.37 bits per heavy atom. The second-order valence-electron chi connectivity index (χ2n) is 4.22. The molecule has 6 nitrogen and oxygen atoms in total. The smallest absolute Gasteiger partial charge is 0.245 e. The van der Waals surface area contributed by atoms with Gasteiger partial charge in [-0.3, -0.25) is 4.79 Å². The molecule has 2 N–H and O–H groups in total. The van der Waals surface area contributed by atoms with Gasteiger partial charge in [0.15, 0.2) is 0 Å². The zero-order valence-corrected chi connectivity index (χ0v) is 11.5. The molecule has 0 aromatic heterocycles. The molecule has 0 radical (unpaired) electrons. The van der Waals surface area contributed by atoms with Crippen LogP contribution in [-0.2, 0) is 14.8 Å². The summed E-state index contributed by atoms with van der Waals surface area (Å²) < 4.78 is 26.3. The molecule has 1 aromatic rings. The van der Waals surface area contributed by atoms with Crippen molar-refractivity contribution >= 4 is 21.6 Å². The first-order valence-corrected chi connectivity index (χ1v) is 7.59. The van der Waals surface area contributed by atoms with Crippen LogP contribution in [0.3, 0.4) is 0 Å². The van der Waals surface area contributed by atoms with Gasteiger partial charge in [0.05, 0.1) is 12.2 Å². The van der Waals surface area contributed by atoms with Gasteiger partial charge in [-0.15, -0.1) is 0 Å². The SMILES string of the molecule is CCNc1ccccc1S(=O)(=O)N1CCNC(=O)C1. The average Bonchev–Trinajstić information content (AvgIpc) is 2.39. The van der Waals surface area contributed by atoms with Gasteiger partial charge in [-0.1, -0.05) is 12.1 Å². The summed E-state index contributed by atoms with van der Waals surface area (Å²) in [5.74, 6) is -0.268. The number of rotatable bonds is 4. The first kappa shape index (κ1) is 13.8. The molecule has 0 aliphatic carbocycles. The van der Waals surface area contributed by atoms with Crippen LogP contribution in [0.1, 0.15) is 6.92 Å². The number of hydrogen-bond donors (Lipinski definition) is 2. The molecular formula is C12H17N3O3S. The van der Waals surface area contributed by atoms with Crippen molar-refractivity contribution in [3.63, 3.8) is 0 Å². The summed E-state index contributed by atoms with van der Waals surface area (Å²) in [7, 11) is -3.64. The van der Waals surface area contributed by atoms with E-state index in [0.717, 1.165) is 0 Å². The highest BCUT2D eigenvalue weighted by Gasteiger charge is 2.30. The Bertz CT molecular complexity index is 571. The summed E-state index contributed by atoms with van der Waals surface area (Å²) in [4.78, 5) is 11.5. The summed E-state index contributed by atoms with van der Waals surface area (Å²) in [5, 5.41) is 5.64. The summed E-state index contributed by atoms with van der Waals surface area (Å²) in [6.45, 7) is 3.06. The number of para-hydroxylation sites is 1. The Morgan fingerprint density at radius 3 is 2.79 bits per heavy atom. The molecule has 19 heavy (non-hydrogen) atoms. The lowest BCUT2D eigenvalue weighted by molar-refractivity contribution is -0.122. The number of nitrogens with zero attached hydrogens (tertiary/aromatic N) is 1. The second-order valence-corrected chi connectivity index (χ2v) is 6.12. The number of carbonyl (C=O) groups excluding carboxylic acids is 1. The number of carbonyl (C=O) groups is 1. The van der Waals surface area contributed by atoms with E-state index in [2.05, 4.69) is 10.6 Å². The molecule has 0 atom stereocenters. The Kier molecular flexibility index (Phi) is 4.06. The predicted octanol–water partition coefficient (Wildman–Crippen LogP) is 0.239. The molecule has 1 aromatic carbocycles. The third kappa shape index (κ3) is 2.87. The highest BCUT2D eigenvalue weighted by molar-refractivity contribution is 7.89. The number of amides is 1. The lowest BCUT2D eigenvalue weighted by atomic mass is 10.3. The largest absolute Gasteiger partial charge is 0.384 e. The van der Waals surface area contributed by atoms with E-state index >= 15 is 0 Å². The average molecular weight is 283 g/mol. The minimum absolute atomic E-state index is 0.122. The number of nitrogens with one attached hydrogen (secondary N) is 2. The van der Waals surface area contributed by atoms with Gasteiger partial charge in [-0.25, -0.2) is 8.42 Å². The van der Waals surface area contributed by atoms with Crippen LogP contribution in [0.15, 0.2) is 29.2 Å². The van der Waals surface area contributed by atoms with Crippen LogP contribution < -0.4 is 10.6 Å². The minimum Gasteiger partial charge on any atom is -0.384 e. The van der Waals surface area contributed by atoms with Crippen molar-refractivity contribution < 1.29 is 13.2 Å². The molecular weight excluding hydrogens is 266 g/mol. The van der Waals surface area contributed by atoms with Crippen LogP contribution >= 0.6 is 0 Å². The Morgan fingerprint density at radius 2 is 2.11 bits per heavy atom. The fourth-order valence-electron chi connectivity index (χ4n) is 1.99. The summed E-state index contributed by atoms with van der Waals surface area (Å²) in [6.07, 6.45) is 0. The Hall–Kier alpha value is -1.60. The van der Waals surface area contributed by atoms with E-state index in [9.17, 15) is 13.2 Å². The first-order chi connectivity index (χ1) is 9.05. The minimum atomic E-state index is -3.64. The van der Waals surface area contributed by atoms with Gasteiger partial charge in [0.1, 0.15) is 4.90 Å². The maximum Gasteiger partial charge on any atom is 0.245 e. The third-order valence-electron chi connectivity index (χ3n) is 2.88. The monoisotopic (exact) mass is 283 g/mol. The van der Waals surface area contributed by atoms with E-state index < -0.39 is 10.0 Å². The lowest BCUT2D eigenvalue weighted by Crippen LogP contribution is -2.49. The lowest BCUT2D eigenvalue weighted by Gasteiger charge is -2.26. The van der Waals surface area contributed by atoms with Crippen molar-refractivity contribution in [2.24, 2.45) is 0 Å². The predicted molar refractivity (Wildman–Crippen MR) is 72.4 cm³/mol. The van der Waals surface area contributed by atoms with Crippen LogP contribution in [0, 0.1) is 0 Å². The summed E-state index contributed by atoms with van der Waals surface area (Å²) >= 11 is 0. The van der Waals surface area contributed by atoms with Gasteiger partial charge < -0.3 is 10.6 Å². The van der Waals surface area contributed by atoms with Crippen molar-refractivity contribution in [1.82, 2.24) is 9.62 Å². The normalized spacial score (nSPS) is 17.0. The van der Waals surface area contributed by atoms with E-state index in [1.807, 2.05) is 6.92 Å². The Labute approximate surface area is 112 Å². The molecule has 7 heteroatoms. The third-order valence-corrected chi connectivity index (χ3v) is 4.78. The fourth-order valence-corrected chi connectivity index (χ4v) is 3.55. The van der Waals surface area contributed by atoms with Crippen molar-refractivity contribution in [3.05, 3.63) is 24.3 Å². The zero-order chi connectivity index (χ0) is 13.9. The molecule has 2 rings (SSSR count). The van der Waals surface area contributed by atoms with Crippen molar-refractivity contribution in [1.29, 1.82) is 0 Å². The molecule has 1 saturated heterocycles. The summed E-state index contributed by atoms with van der Waals surface area (Å²) in [6, 6.07) is 6.73. The molecule has 1 fully saturated rings. The molecule has 0 bridgehead atoms. The van der Waals surface area contributed by atoms with Crippen LogP contribution in [0.25, 0.3) is 0 Å². The molecule has 0 saturated carbocycles. The van der Waals surface area contributed by atoms with Crippen molar-refractivity contribution in [2.45, 2.75) is 11.8 Å². The maximum atomic E-state index is 12.5. The maximum absolute atomic E-state index is 12.5. The number of sulfonamides is 1. The number of anilines is 1. The molecule has 0 spiro atoms. The molecule has 1 amide bonds. The molecule has 1 heterocycles. The van der Waals surface area contributed by atoms with Crippen molar-refractivity contribution in [2.75, 3.05) is 31.5 Å². The molecule has 1 aliphatic rings. The van der Waals surface area contributed by atoms with E-state index in [4.69, 9.17) is 0 Å². The van der Waals surface area contributed by atoms with Crippen LogP contribution in [0.4, 0.5) is 5.69 Å². The standard InChI is InChI=1S/C12H17N3O3S/c1-2-13-10-5-3-4-6-11(10)19(17,18)15-8-7-14-12(16)9-15/h3-6,13H,2,7-9H2,1H3,(H,14,16). The highest BCUT2D eigenvalue weighted by Crippen LogP contribution is 2.24. The summed E-state index contributed by atoms with van der Waals surface area (Å²) in [5.41, 5.74) is 0.566. The number of hydrogen-bond acceptors (Lipinski definition) is 4. The van der Waals surface area contributed by atoms with Crippen LogP contribution in [-0.4, -0.2) is 44.8 Å². The van der Waals surface area contributed by atoms with Gasteiger partial charge in [-0.05, 0) is 19.1 Å². The molecule has 1 aliphatic heterocycles. The zero-order valence-electron chi connectivity index (χ0n) is 10.7.